The fourth-order valence-electron chi connectivity index (χ4n) is 3.84. The molecular weight excluding hydrogens is 392 g/mol. The van der Waals surface area contributed by atoms with Crippen molar-refractivity contribution >= 4 is 28.4 Å². The van der Waals surface area contributed by atoms with Crippen molar-refractivity contribution < 1.29 is 14.3 Å². The predicted molar refractivity (Wildman–Crippen MR) is 122 cm³/mol. The molecule has 31 heavy (non-hydrogen) atoms. The van der Waals surface area contributed by atoms with Crippen LogP contribution in [0.15, 0.2) is 48.5 Å². The van der Waals surface area contributed by atoms with Crippen LogP contribution in [0.4, 0.5) is 11.5 Å². The summed E-state index contributed by atoms with van der Waals surface area (Å²) >= 11 is 0. The number of nitrogens with one attached hydrogen (secondary N) is 1. The van der Waals surface area contributed by atoms with Gasteiger partial charge in [-0.1, -0.05) is 31.2 Å². The molecule has 1 fully saturated rings. The number of methoxy groups -OCH3 is 1. The Hall–Kier alpha value is -3.35. The molecule has 7 nitrogen and oxygen atoms in total. The zero-order valence-corrected chi connectivity index (χ0v) is 18.0. The van der Waals surface area contributed by atoms with Gasteiger partial charge in [-0.3, -0.25) is 4.79 Å². The second-order valence-corrected chi connectivity index (χ2v) is 7.66. The Balaban J connectivity index is 1.56. The minimum Gasteiger partial charge on any atom is -0.495 e. The third kappa shape index (κ3) is 4.71. The summed E-state index contributed by atoms with van der Waals surface area (Å²) in [5.74, 6) is 1.72. The molecule has 0 saturated carbocycles. The number of anilines is 2. The molecule has 162 valence electrons. The van der Waals surface area contributed by atoms with Crippen LogP contribution in [-0.2, 0) is 4.79 Å². The molecule has 1 aromatic heterocycles. The van der Waals surface area contributed by atoms with Crippen molar-refractivity contribution in [2.24, 2.45) is 5.92 Å². The first-order chi connectivity index (χ1) is 15.2. The molecular formula is C24H28N4O3. The molecule has 1 N–H and O–H groups in total. The van der Waals surface area contributed by atoms with Crippen LogP contribution in [0, 0.1) is 5.92 Å². The van der Waals surface area contributed by atoms with Crippen molar-refractivity contribution in [1.29, 1.82) is 0 Å². The van der Waals surface area contributed by atoms with E-state index in [-0.39, 0.29) is 11.8 Å². The number of carbonyl (C=O) groups excluding carboxylic acids is 1. The molecule has 1 saturated heterocycles. The van der Waals surface area contributed by atoms with Gasteiger partial charge >= 0.3 is 0 Å². The molecule has 1 aliphatic rings. The van der Waals surface area contributed by atoms with Gasteiger partial charge in [0.15, 0.2) is 5.82 Å². The highest BCUT2D eigenvalue weighted by molar-refractivity contribution is 5.94. The zero-order valence-electron chi connectivity index (χ0n) is 18.0. The van der Waals surface area contributed by atoms with Crippen molar-refractivity contribution in [2.45, 2.75) is 26.2 Å². The van der Waals surface area contributed by atoms with Crippen molar-refractivity contribution in [3.63, 3.8) is 0 Å². The van der Waals surface area contributed by atoms with Crippen molar-refractivity contribution in [2.75, 3.05) is 37.0 Å². The van der Waals surface area contributed by atoms with Gasteiger partial charge in [0.1, 0.15) is 5.75 Å². The van der Waals surface area contributed by atoms with E-state index in [1.165, 1.54) is 0 Å². The summed E-state index contributed by atoms with van der Waals surface area (Å²) in [6, 6.07) is 15.2. The van der Waals surface area contributed by atoms with Crippen molar-refractivity contribution in [3.05, 3.63) is 48.5 Å². The summed E-state index contributed by atoms with van der Waals surface area (Å²) in [6.45, 7) is 4.02. The molecule has 3 aromatic rings. The lowest BCUT2D eigenvalue weighted by atomic mass is 9.97. The molecule has 0 aliphatic carbocycles. The summed E-state index contributed by atoms with van der Waals surface area (Å²) in [4.78, 5) is 24.7. The van der Waals surface area contributed by atoms with Gasteiger partial charge in [0, 0.05) is 13.1 Å². The third-order valence-corrected chi connectivity index (χ3v) is 5.42. The second kappa shape index (κ2) is 9.64. The summed E-state index contributed by atoms with van der Waals surface area (Å²) in [5.41, 5.74) is 2.31. The Kier molecular flexibility index (Phi) is 6.50. The Bertz CT molecular complexity index is 1060. The van der Waals surface area contributed by atoms with Crippen LogP contribution >= 0.6 is 0 Å². The van der Waals surface area contributed by atoms with E-state index < -0.39 is 0 Å². The average molecular weight is 421 g/mol. The van der Waals surface area contributed by atoms with Crippen LogP contribution in [-0.4, -0.2) is 42.7 Å². The predicted octanol–water partition coefficient (Wildman–Crippen LogP) is 4.28. The molecule has 0 spiro atoms. The fourth-order valence-corrected chi connectivity index (χ4v) is 3.84. The molecule has 4 rings (SSSR count). The van der Waals surface area contributed by atoms with Crippen molar-refractivity contribution in [1.82, 2.24) is 9.97 Å². The van der Waals surface area contributed by atoms with E-state index in [9.17, 15) is 4.79 Å². The number of para-hydroxylation sites is 4. The zero-order chi connectivity index (χ0) is 21.6. The number of benzene rings is 2. The van der Waals surface area contributed by atoms with Gasteiger partial charge in [-0.15, -0.1) is 0 Å². The molecule has 2 aromatic carbocycles. The Morgan fingerprint density at radius 2 is 1.87 bits per heavy atom. The Morgan fingerprint density at radius 3 is 2.65 bits per heavy atom. The highest BCUT2D eigenvalue weighted by Gasteiger charge is 2.29. The first-order valence-electron chi connectivity index (χ1n) is 10.8. The lowest BCUT2D eigenvalue weighted by molar-refractivity contribution is -0.120. The van der Waals surface area contributed by atoms with Crippen LogP contribution in [0.2, 0.25) is 0 Å². The summed E-state index contributed by atoms with van der Waals surface area (Å²) in [5, 5.41) is 3.02. The minimum atomic E-state index is -0.161. The quantitative estimate of drug-likeness (QED) is 0.615. The summed E-state index contributed by atoms with van der Waals surface area (Å²) in [7, 11) is 1.60. The smallest absolute Gasteiger partial charge is 0.258 e. The molecule has 1 amide bonds. The number of hydrogen-bond donors (Lipinski definition) is 1. The number of amides is 1. The number of piperidine rings is 1. The van der Waals surface area contributed by atoms with E-state index in [0.717, 1.165) is 36.8 Å². The first kappa shape index (κ1) is 20.9. The van der Waals surface area contributed by atoms with E-state index in [1.54, 1.807) is 7.11 Å². The number of ether oxygens (including phenoxy) is 2. The van der Waals surface area contributed by atoms with Gasteiger partial charge in [0.25, 0.3) is 5.88 Å². The first-order valence-corrected chi connectivity index (χ1v) is 10.8. The van der Waals surface area contributed by atoms with Gasteiger partial charge in [0.05, 0.1) is 36.4 Å². The minimum absolute atomic E-state index is 0.0148. The standard InChI is InChI=1S/C24H28N4O3/c1-3-15-31-24-22(25-18-10-4-5-11-19(18)27-24)28-14-8-9-17(16-28)23(29)26-20-12-6-7-13-21(20)30-2/h4-7,10-13,17H,3,8-9,14-16H2,1-2H3,(H,26,29)/t17-/m1/s1. The number of rotatable bonds is 7. The number of fused-ring (bicyclic) bond motifs is 1. The van der Waals surface area contributed by atoms with E-state index >= 15 is 0 Å². The molecule has 1 atom stereocenters. The van der Waals surface area contributed by atoms with E-state index in [2.05, 4.69) is 17.1 Å². The van der Waals surface area contributed by atoms with Gasteiger partial charge in [0.2, 0.25) is 5.91 Å². The maximum Gasteiger partial charge on any atom is 0.258 e. The maximum atomic E-state index is 13.0. The molecule has 0 radical (unpaired) electrons. The fraction of sp³-hybridized carbons (Fsp3) is 0.375. The molecule has 7 heteroatoms. The van der Waals surface area contributed by atoms with Crippen LogP contribution in [0.5, 0.6) is 11.6 Å². The number of aromatic nitrogens is 2. The monoisotopic (exact) mass is 420 g/mol. The lowest BCUT2D eigenvalue weighted by Gasteiger charge is -2.33. The number of hydrogen-bond acceptors (Lipinski definition) is 6. The number of nitrogens with zero attached hydrogens (tertiary/aromatic N) is 3. The van der Waals surface area contributed by atoms with Crippen LogP contribution < -0.4 is 19.7 Å². The van der Waals surface area contributed by atoms with Gasteiger partial charge < -0.3 is 19.7 Å². The van der Waals surface area contributed by atoms with Crippen LogP contribution in [0.1, 0.15) is 26.2 Å². The Morgan fingerprint density at radius 1 is 1.13 bits per heavy atom. The van der Waals surface area contributed by atoms with Crippen LogP contribution in [0.3, 0.4) is 0 Å². The van der Waals surface area contributed by atoms with Gasteiger partial charge in [-0.05, 0) is 43.5 Å². The highest BCUT2D eigenvalue weighted by atomic mass is 16.5. The highest BCUT2D eigenvalue weighted by Crippen LogP contribution is 2.32. The SMILES string of the molecule is CCCOc1nc2ccccc2nc1N1CCC[C@@H](C(=O)Nc2ccccc2OC)C1. The summed E-state index contributed by atoms with van der Waals surface area (Å²) < 4.78 is 11.3. The molecule has 0 unspecified atom stereocenters. The number of carbonyl (C=O) groups is 1. The second-order valence-electron chi connectivity index (χ2n) is 7.66. The average Bonchev–Trinajstić information content (AvgIpc) is 2.82. The largest absolute Gasteiger partial charge is 0.495 e. The third-order valence-electron chi connectivity index (χ3n) is 5.42. The van der Waals surface area contributed by atoms with Gasteiger partial charge in [-0.25, -0.2) is 9.97 Å². The topological polar surface area (TPSA) is 76.6 Å². The van der Waals surface area contributed by atoms with E-state index in [4.69, 9.17) is 19.4 Å². The molecule has 0 bridgehead atoms. The van der Waals surface area contributed by atoms with Gasteiger partial charge in [-0.2, -0.15) is 0 Å². The van der Waals surface area contributed by atoms with Crippen molar-refractivity contribution in [3.8, 4) is 11.6 Å². The maximum absolute atomic E-state index is 13.0. The van der Waals surface area contributed by atoms with Crippen LogP contribution in [0.25, 0.3) is 11.0 Å². The lowest BCUT2D eigenvalue weighted by Crippen LogP contribution is -2.41. The molecule has 2 heterocycles. The Labute approximate surface area is 182 Å². The van der Waals surface area contributed by atoms with E-state index in [1.807, 2.05) is 48.5 Å². The molecule has 1 aliphatic heterocycles. The van der Waals surface area contributed by atoms with E-state index in [0.29, 0.717) is 36.3 Å². The summed E-state index contributed by atoms with van der Waals surface area (Å²) in [6.07, 6.45) is 2.60. The normalized spacial score (nSPS) is 16.2.